The number of hydrogen-bond donors (Lipinski definition) is 1. The Morgan fingerprint density at radius 3 is 2.89 bits per heavy atom. The Morgan fingerprint density at radius 2 is 2.22 bits per heavy atom. The van der Waals surface area contributed by atoms with Crippen molar-refractivity contribution in [3.8, 4) is 5.75 Å². The van der Waals surface area contributed by atoms with Crippen molar-refractivity contribution in [3.05, 3.63) is 29.6 Å². The van der Waals surface area contributed by atoms with Crippen molar-refractivity contribution in [2.75, 3.05) is 0 Å². The predicted molar refractivity (Wildman–Crippen MR) is 69.1 cm³/mol. The van der Waals surface area contributed by atoms with Crippen LogP contribution in [0.3, 0.4) is 0 Å². The number of aliphatic hydroxyl groups is 1. The lowest BCUT2D eigenvalue weighted by Crippen LogP contribution is -2.38. The van der Waals surface area contributed by atoms with Gasteiger partial charge in [0.15, 0.2) is 0 Å². The topological polar surface area (TPSA) is 29.5 Å². The first-order valence-electron chi connectivity index (χ1n) is 6.56. The van der Waals surface area contributed by atoms with Gasteiger partial charge < -0.3 is 9.84 Å². The molecule has 1 aromatic carbocycles. The summed E-state index contributed by atoms with van der Waals surface area (Å²) < 4.78 is 19.1. The third kappa shape index (κ3) is 2.83. The summed E-state index contributed by atoms with van der Waals surface area (Å²) in [5, 5.41) is 10.2. The van der Waals surface area contributed by atoms with Crippen LogP contribution in [-0.4, -0.2) is 10.7 Å². The molecule has 2 atom stereocenters. The largest absolute Gasteiger partial charge is 0.487 e. The maximum absolute atomic E-state index is 13.2. The molecule has 0 saturated heterocycles. The van der Waals surface area contributed by atoms with Crippen LogP contribution in [0.15, 0.2) is 18.2 Å². The standard InChI is InChI=1S/C15H21FO2/c1-10(2)6-7-15(3)9-13(17)12-5-4-11(16)8-14(12)18-15/h4-5,8,10,13,17H,6-7,9H2,1-3H3. The van der Waals surface area contributed by atoms with Gasteiger partial charge in [0.25, 0.3) is 0 Å². The Hall–Kier alpha value is -1.09. The van der Waals surface area contributed by atoms with Gasteiger partial charge in [0.1, 0.15) is 17.2 Å². The van der Waals surface area contributed by atoms with E-state index in [1.807, 2.05) is 6.92 Å². The maximum atomic E-state index is 13.2. The zero-order chi connectivity index (χ0) is 13.3. The second kappa shape index (κ2) is 4.88. The van der Waals surface area contributed by atoms with Gasteiger partial charge in [-0.05, 0) is 37.8 Å². The van der Waals surface area contributed by atoms with E-state index >= 15 is 0 Å². The number of halogens is 1. The first-order valence-corrected chi connectivity index (χ1v) is 6.56. The fraction of sp³-hybridized carbons (Fsp3) is 0.600. The van der Waals surface area contributed by atoms with E-state index in [4.69, 9.17) is 4.74 Å². The lowest BCUT2D eigenvalue weighted by molar-refractivity contribution is -0.0103. The summed E-state index contributed by atoms with van der Waals surface area (Å²) in [7, 11) is 0. The van der Waals surface area contributed by atoms with E-state index in [9.17, 15) is 9.50 Å². The monoisotopic (exact) mass is 252 g/mol. The lowest BCUT2D eigenvalue weighted by atomic mass is 9.85. The number of benzene rings is 1. The van der Waals surface area contributed by atoms with Crippen LogP contribution >= 0.6 is 0 Å². The van der Waals surface area contributed by atoms with Gasteiger partial charge in [-0.2, -0.15) is 0 Å². The van der Waals surface area contributed by atoms with Crippen molar-refractivity contribution in [1.29, 1.82) is 0 Å². The molecular weight excluding hydrogens is 231 g/mol. The third-order valence-corrected chi connectivity index (χ3v) is 3.57. The van der Waals surface area contributed by atoms with Crippen LogP contribution in [0.4, 0.5) is 4.39 Å². The second-order valence-corrected chi connectivity index (χ2v) is 5.89. The highest BCUT2D eigenvalue weighted by Gasteiger charge is 2.36. The molecule has 2 rings (SSSR count). The van der Waals surface area contributed by atoms with Crippen LogP contribution in [0.25, 0.3) is 0 Å². The zero-order valence-electron chi connectivity index (χ0n) is 11.2. The van der Waals surface area contributed by atoms with E-state index in [0.29, 0.717) is 23.7 Å². The molecule has 1 aliphatic heterocycles. The van der Waals surface area contributed by atoms with Crippen LogP contribution in [0.2, 0.25) is 0 Å². The average Bonchev–Trinajstić information content (AvgIpc) is 2.25. The van der Waals surface area contributed by atoms with Gasteiger partial charge in [-0.1, -0.05) is 13.8 Å². The quantitative estimate of drug-likeness (QED) is 0.885. The minimum absolute atomic E-state index is 0.325. The molecule has 0 saturated carbocycles. The molecule has 1 heterocycles. The smallest absolute Gasteiger partial charge is 0.128 e. The van der Waals surface area contributed by atoms with E-state index < -0.39 is 11.7 Å². The average molecular weight is 252 g/mol. The normalized spacial score (nSPS) is 26.9. The van der Waals surface area contributed by atoms with Gasteiger partial charge in [-0.25, -0.2) is 4.39 Å². The van der Waals surface area contributed by atoms with Crippen molar-refractivity contribution >= 4 is 0 Å². The van der Waals surface area contributed by atoms with Crippen LogP contribution in [-0.2, 0) is 0 Å². The van der Waals surface area contributed by atoms with Gasteiger partial charge in [0, 0.05) is 18.1 Å². The molecule has 1 aromatic rings. The fourth-order valence-electron chi connectivity index (χ4n) is 2.45. The molecule has 0 aliphatic carbocycles. The molecule has 100 valence electrons. The maximum Gasteiger partial charge on any atom is 0.128 e. The van der Waals surface area contributed by atoms with Gasteiger partial charge in [0.05, 0.1) is 6.10 Å². The molecule has 0 bridgehead atoms. The lowest BCUT2D eigenvalue weighted by Gasteiger charge is -2.38. The Kier molecular flexibility index (Phi) is 3.62. The zero-order valence-corrected chi connectivity index (χ0v) is 11.2. The Morgan fingerprint density at radius 1 is 1.50 bits per heavy atom. The highest BCUT2D eigenvalue weighted by Crippen LogP contribution is 2.42. The van der Waals surface area contributed by atoms with Crippen LogP contribution in [0.5, 0.6) is 5.75 Å². The first kappa shape index (κ1) is 13.3. The SMILES string of the molecule is CC(C)CCC1(C)CC(O)c2ccc(F)cc2O1. The summed E-state index contributed by atoms with van der Waals surface area (Å²) >= 11 is 0. The molecule has 0 radical (unpaired) electrons. The molecule has 2 nitrogen and oxygen atoms in total. The highest BCUT2D eigenvalue weighted by molar-refractivity contribution is 5.38. The molecule has 2 unspecified atom stereocenters. The van der Waals surface area contributed by atoms with Crippen LogP contribution < -0.4 is 4.74 Å². The molecule has 0 amide bonds. The second-order valence-electron chi connectivity index (χ2n) is 5.89. The predicted octanol–water partition coefficient (Wildman–Crippen LogP) is 3.84. The molecule has 0 spiro atoms. The van der Waals surface area contributed by atoms with Crippen molar-refractivity contribution in [3.63, 3.8) is 0 Å². The molecule has 0 aromatic heterocycles. The number of hydrogen-bond acceptors (Lipinski definition) is 2. The molecule has 0 fully saturated rings. The summed E-state index contributed by atoms with van der Waals surface area (Å²) in [4.78, 5) is 0. The van der Waals surface area contributed by atoms with E-state index in [-0.39, 0.29) is 5.82 Å². The van der Waals surface area contributed by atoms with Crippen molar-refractivity contribution in [2.24, 2.45) is 5.92 Å². The molecule has 3 heteroatoms. The third-order valence-electron chi connectivity index (χ3n) is 3.57. The van der Waals surface area contributed by atoms with Crippen molar-refractivity contribution in [2.45, 2.75) is 51.7 Å². The highest BCUT2D eigenvalue weighted by atomic mass is 19.1. The molecule has 1 aliphatic rings. The molecule has 1 N–H and O–H groups in total. The number of ether oxygens (including phenoxy) is 1. The van der Waals surface area contributed by atoms with Crippen LogP contribution in [0.1, 0.15) is 51.7 Å². The van der Waals surface area contributed by atoms with Gasteiger partial charge in [0.2, 0.25) is 0 Å². The van der Waals surface area contributed by atoms with E-state index in [1.165, 1.54) is 12.1 Å². The number of rotatable bonds is 3. The Labute approximate surface area is 108 Å². The van der Waals surface area contributed by atoms with E-state index in [2.05, 4.69) is 13.8 Å². The molecule has 18 heavy (non-hydrogen) atoms. The Bertz CT molecular complexity index is 431. The molecular formula is C15H21FO2. The minimum atomic E-state index is -0.563. The summed E-state index contributed by atoms with van der Waals surface area (Å²) in [5.74, 6) is 0.755. The van der Waals surface area contributed by atoms with E-state index in [1.54, 1.807) is 6.07 Å². The van der Waals surface area contributed by atoms with Gasteiger partial charge in [-0.3, -0.25) is 0 Å². The number of aliphatic hydroxyl groups excluding tert-OH is 1. The minimum Gasteiger partial charge on any atom is -0.487 e. The van der Waals surface area contributed by atoms with Gasteiger partial charge >= 0.3 is 0 Å². The summed E-state index contributed by atoms with van der Waals surface area (Å²) in [6.07, 6.45) is 1.91. The first-order chi connectivity index (χ1) is 8.39. The van der Waals surface area contributed by atoms with Gasteiger partial charge in [-0.15, -0.1) is 0 Å². The Balaban J connectivity index is 2.20. The summed E-state index contributed by atoms with van der Waals surface area (Å²) in [6.45, 7) is 6.32. The summed E-state index contributed by atoms with van der Waals surface area (Å²) in [6, 6.07) is 4.34. The van der Waals surface area contributed by atoms with Crippen LogP contribution in [0, 0.1) is 11.7 Å². The van der Waals surface area contributed by atoms with Crippen molar-refractivity contribution in [1.82, 2.24) is 0 Å². The fourth-order valence-corrected chi connectivity index (χ4v) is 2.45. The van der Waals surface area contributed by atoms with E-state index in [0.717, 1.165) is 12.8 Å². The summed E-state index contributed by atoms with van der Waals surface area (Å²) in [5.41, 5.74) is 0.295. The number of fused-ring (bicyclic) bond motifs is 1. The van der Waals surface area contributed by atoms with Crippen molar-refractivity contribution < 1.29 is 14.2 Å².